The first-order valence-electron chi connectivity index (χ1n) is 8.14. The molecule has 2 atom stereocenters. The van der Waals surface area contributed by atoms with Gasteiger partial charge in [-0.3, -0.25) is 0 Å². The van der Waals surface area contributed by atoms with E-state index in [0.29, 0.717) is 16.6 Å². The number of aromatic amines is 1. The number of nitrogens with zero attached hydrogens (tertiary/aromatic N) is 1. The number of hydrogen-bond donors (Lipinski definition) is 2. The third-order valence-corrected chi connectivity index (χ3v) is 5.79. The van der Waals surface area contributed by atoms with Crippen molar-refractivity contribution in [2.24, 2.45) is 0 Å². The molecule has 9 heteroatoms. The zero-order chi connectivity index (χ0) is 19.7. The maximum atomic E-state index is 15.1. The fourth-order valence-electron chi connectivity index (χ4n) is 2.73. The lowest BCUT2D eigenvalue weighted by atomic mass is 9.99. The summed E-state index contributed by atoms with van der Waals surface area (Å²) in [6, 6.07) is 4.16. The first kappa shape index (κ1) is 19.9. The van der Waals surface area contributed by atoms with E-state index >= 15 is 4.39 Å². The monoisotopic (exact) mass is 457 g/mol. The van der Waals surface area contributed by atoms with Crippen LogP contribution < -0.4 is 4.72 Å². The number of rotatable bonds is 6. The first-order chi connectivity index (χ1) is 12.8. The molecule has 0 aliphatic heterocycles. The summed E-state index contributed by atoms with van der Waals surface area (Å²) in [6.07, 6.45) is 2.23. The average Bonchev–Trinajstić information content (AvgIpc) is 3.03. The van der Waals surface area contributed by atoms with Crippen molar-refractivity contribution < 1.29 is 17.7 Å². The van der Waals surface area contributed by atoms with Crippen molar-refractivity contribution in [1.29, 1.82) is 0 Å². The van der Waals surface area contributed by atoms with Crippen LogP contribution in [0.2, 0.25) is 0 Å². The fraction of sp³-hybridized carbons (Fsp3) is 0.278. The van der Waals surface area contributed by atoms with Crippen molar-refractivity contribution >= 4 is 43.6 Å². The van der Waals surface area contributed by atoms with Crippen LogP contribution >= 0.6 is 15.9 Å². The molecule has 144 valence electrons. The average molecular weight is 458 g/mol. The topological polar surface area (TPSA) is 67.0 Å². The molecular formula is C18H18BrF2N3O2S. The number of aromatic nitrogens is 2. The quantitative estimate of drug-likeness (QED) is 0.557. The smallest absolute Gasteiger partial charge is 0.156 e. The summed E-state index contributed by atoms with van der Waals surface area (Å²) in [6.45, 7) is 3.47. The maximum absolute atomic E-state index is 15.1. The molecule has 2 unspecified atom stereocenters. The van der Waals surface area contributed by atoms with Crippen LogP contribution in [-0.4, -0.2) is 26.5 Å². The number of benzene rings is 1. The van der Waals surface area contributed by atoms with Crippen LogP contribution in [-0.2, 0) is 15.7 Å². The third-order valence-electron chi connectivity index (χ3n) is 4.08. The van der Waals surface area contributed by atoms with Gasteiger partial charge in [-0.05, 0) is 48.0 Å². The van der Waals surface area contributed by atoms with Gasteiger partial charge in [-0.15, -0.1) is 0 Å². The van der Waals surface area contributed by atoms with Crippen LogP contribution in [0.5, 0.6) is 0 Å². The highest BCUT2D eigenvalue weighted by atomic mass is 79.9. The maximum Gasteiger partial charge on any atom is 0.156 e. The Bertz CT molecular complexity index is 1010. The SMILES string of the molecule is COC(c1c(F)ccc(NS(=O)C(C)C)c1F)c1c[nH]c2ncc(Br)cc12. The minimum absolute atomic E-state index is 0.0420. The summed E-state index contributed by atoms with van der Waals surface area (Å²) < 4.78 is 50.5. The number of nitrogens with one attached hydrogen (secondary N) is 2. The summed E-state index contributed by atoms with van der Waals surface area (Å²) in [5.41, 5.74) is 0.816. The van der Waals surface area contributed by atoms with Gasteiger partial charge in [0.1, 0.15) is 28.6 Å². The van der Waals surface area contributed by atoms with E-state index in [1.807, 2.05) is 0 Å². The number of pyridine rings is 1. The highest BCUT2D eigenvalue weighted by Gasteiger charge is 2.27. The second kappa shape index (κ2) is 8.04. The predicted molar refractivity (Wildman–Crippen MR) is 106 cm³/mol. The van der Waals surface area contributed by atoms with Crippen LogP contribution in [0.15, 0.2) is 35.1 Å². The van der Waals surface area contributed by atoms with Crippen molar-refractivity contribution in [3.05, 3.63) is 57.8 Å². The molecule has 0 saturated carbocycles. The van der Waals surface area contributed by atoms with E-state index in [0.717, 1.165) is 10.5 Å². The molecule has 2 heterocycles. The molecule has 3 rings (SSSR count). The van der Waals surface area contributed by atoms with Crippen molar-refractivity contribution in [1.82, 2.24) is 9.97 Å². The second-order valence-electron chi connectivity index (χ2n) is 6.18. The van der Waals surface area contributed by atoms with Gasteiger partial charge in [0.15, 0.2) is 5.82 Å². The second-order valence-corrected chi connectivity index (χ2v) is 8.84. The summed E-state index contributed by atoms with van der Waals surface area (Å²) in [5.74, 6) is -1.59. The van der Waals surface area contributed by atoms with Gasteiger partial charge in [0.05, 0.1) is 11.3 Å². The molecule has 1 aromatic carbocycles. The Balaban J connectivity index is 2.12. The zero-order valence-electron chi connectivity index (χ0n) is 14.8. The summed E-state index contributed by atoms with van der Waals surface area (Å²) >= 11 is 3.35. The molecule has 0 saturated heterocycles. The molecule has 0 amide bonds. The van der Waals surface area contributed by atoms with E-state index in [1.54, 1.807) is 32.3 Å². The zero-order valence-corrected chi connectivity index (χ0v) is 17.2. The molecule has 3 aromatic rings. The van der Waals surface area contributed by atoms with Gasteiger partial charge in [0, 0.05) is 40.2 Å². The van der Waals surface area contributed by atoms with Gasteiger partial charge in [-0.1, -0.05) is 0 Å². The Labute approximate surface area is 166 Å². The van der Waals surface area contributed by atoms with Gasteiger partial charge in [-0.25, -0.2) is 18.0 Å². The lowest BCUT2D eigenvalue weighted by Gasteiger charge is -2.19. The van der Waals surface area contributed by atoms with Gasteiger partial charge < -0.3 is 14.4 Å². The van der Waals surface area contributed by atoms with E-state index in [2.05, 4.69) is 30.6 Å². The number of halogens is 3. The highest BCUT2D eigenvalue weighted by molar-refractivity contribution is 9.10. The lowest BCUT2D eigenvalue weighted by molar-refractivity contribution is 0.130. The van der Waals surface area contributed by atoms with E-state index in [1.165, 1.54) is 13.2 Å². The van der Waals surface area contributed by atoms with Crippen molar-refractivity contribution in [3.63, 3.8) is 0 Å². The number of anilines is 1. The van der Waals surface area contributed by atoms with Gasteiger partial charge in [-0.2, -0.15) is 0 Å². The molecule has 0 aliphatic carbocycles. The van der Waals surface area contributed by atoms with Crippen molar-refractivity contribution in [2.45, 2.75) is 25.2 Å². The van der Waals surface area contributed by atoms with Gasteiger partial charge in [0.25, 0.3) is 0 Å². The van der Waals surface area contributed by atoms with Crippen molar-refractivity contribution in [2.75, 3.05) is 11.8 Å². The molecule has 27 heavy (non-hydrogen) atoms. The minimum atomic E-state index is -1.50. The Morgan fingerprint density at radius 3 is 2.74 bits per heavy atom. The minimum Gasteiger partial charge on any atom is -0.372 e. The number of fused-ring (bicyclic) bond motifs is 1. The summed E-state index contributed by atoms with van der Waals surface area (Å²) in [4.78, 5) is 7.21. The van der Waals surface area contributed by atoms with E-state index < -0.39 is 28.7 Å². The lowest BCUT2D eigenvalue weighted by Crippen LogP contribution is -2.17. The third kappa shape index (κ3) is 3.90. The molecule has 5 nitrogen and oxygen atoms in total. The Morgan fingerprint density at radius 1 is 1.33 bits per heavy atom. The van der Waals surface area contributed by atoms with Crippen LogP contribution in [0.3, 0.4) is 0 Å². The Kier molecular flexibility index (Phi) is 5.92. The molecule has 0 bridgehead atoms. The summed E-state index contributed by atoms with van der Waals surface area (Å²) in [7, 11) is -0.126. The molecule has 0 aliphatic rings. The van der Waals surface area contributed by atoms with E-state index in [-0.39, 0.29) is 16.5 Å². The molecule has 2 N–H and O–H groups in total. The van der Waals surface area contributed by atoms with Crippen LogP contribution in [0.1, 0.15) is 31.1 Å². The Morgan fingerprint density at radius 2 is 2.07 bits per heavy atom. The van der Waals surface area contributed by atoms with Crippen molar-refractivity contribution in [3.8, 4) is 0 Å². The standard InChI is InChI=1S/C18H18BrF2N3O2S/c1-9(2)27(25)24-14-5-4-13(20)15(16(14)21)17(26-3)12-8-23-18-11(12)6-10(19)7-22-18/h4-9,17,24H,1-3H3,(H,22,23). The molecular weight excluding hydrogens is 440 g/mol. The van der Waals surface area contributed by atoms with Gasteiger partial charge >= 0.3 is 0 Å². The number of hydrogen-bond acceptors (Lipinski definition) is 3. The number of methoxy groups -OCH3 is 1. The van der Waals surface area contributed by atoms with Crippen LogP contribution in [0.25, 0.3) is 11.0 Å². The Hall–Kier alpha value is -1.84. The molecule has 0 radical (unpaired) electrons. The number of ether oxygens (including phenoxy) is 1. The van der Waals surface area contributed by atoms with E-state index in [4.69, 9.17) is 4.74 Å². The fourth-order valence-corrected chi connectivity index (χ4v) is 3.67. The van der Waals surface area contributed by atoms with Crippen LogP contribution in [0, 0.1) is 11.6 Å². The number of H-pyrrole nitrogens is 1. The van der Waals surface area contributed by atoms with Gasteiger partial charge in [0.2, 0.25) is 0 Å². The summed E-state index contributed by atoms with van der Waals surface area (Å²) in [5, 5.41) is 0.451. The largest absolute Gasteiger partial charge is 0.372 e. The highest BCUT2D eigenvalue weighted by Crippen LogP contribution is 2.36. The predicted octanol–water partition coefficient (Wildman–Crippen LogP) is 4.82. The first-order valence-corrected chi connectivity index (χ1v) is 10.1. The van der Waals surface area contributed by atoms with E-state index in [9.17, 15) is 8.60 Å². The van der Waals surface area contributed by atoms with Crippen LogP contribution in [0.4, 0.5) is 14.5 Å². The molecule has 0 fully saturated rings. The normalized spacial score (nSPS) is 13.9. The molecule has 0 spiro atoms. The molecule has 2 aromatic heterocycles.